The van der Waals surface area contributed by atoms with Crippen LogP contribution in [0.4, 0.5) is 5.82 Å². The van der Waals surface area contributed by atoms with Gasteiger partial charge in [0.2, 0.25) is 0 Å². The van der Waals surface area contributed by atoms with E-state index < -0.39 is 0 Å². The number of nitrogens with one attached hydrogen (secondary N) is 1. The number of aromatic nitrogens is 2. The summed E-state index contributed by atoms with van der Waals surface area (Å²) >= 11 is 6.24. The van der Waals surface area contributed by atoms with E-state index in [1.165, 1.54) is 7.11 Å². The summed E-state index contributed by atoms with van der Waals surface area (Å²) in [5, 5.41) is 4.04. The van der Waals surface area contributed by atoms with Crippen molar-refractivity contribution in [3.63, 3.8) is 0 Å². The number of hydrogen-bond donors (Lipinski definition) is 2. The van der Waals surface area contributed by atoms with Crippen molar-refractivity contribution in [2.45, 2.75) is 6.04 Å². The monoisotopic (exact) mass is 320 g/mol. The van der Waals surface area contributed by atoms with Crippen molar-refractivity contribution in [2.75, 3.05) is 32.6 Å². The summed E-state index contributed by atoms with van der Waals surface area (Å²) < 4.78 is 10.5. The lowest BCUT2D eigenvalue weighted by Gasteiger charge is -2.24. The number of nitrogens with two attached hydrogens (primary N) is 1. The first-order chi connectivity index (χ1) is 10.7. The molecule has 22 heavy (non-hydrogen) atoms. The normalized spacial score (nSPS) is 18.2. The van der Waals surface area contributed by atoms with Gasteiger partial charge in [-0.3, -0.25) is 0 Å². The average Bonchev–Trinajstić information content (AvgIpc) is 2.55. The van der Waals surface area contributed by atoms with Crippen molar-refractivity contribution < 1.29 is 9.47 Å². The number of ether oxygens (including phenoxy) is 2. The van der Waals surface area contributed by atoms with Gasteiger partial charge in [-0.15, -0.1) is 0 Å². The fourth-order valence-corrected chi connectivity index (χ4v) is 2.67. The number of nitrogen functional groups attached to an aromatic ring is 1. The molecule has 7 heteroatoms. The molecule has 1 aliphatic rings. The van der Waals surface area contributed by atoms with Crippen LogP contribution in [-0.2, 0) is 4.74 Å². The number of anilines is 1. The minimum Gasteiger partial charge on any atom is -0.478 e. The minimum absolute atomic E-state index is 0.120. The molecule has 6 nitrogen and oxygen atoms in total. The number of methoxy groups -OCH3 is 1. The van der Waals surface area contributed by atoms with Gasteiger partial charge in [-0.25, -0.2) is 9.97 Å². The van der Waals surface area contributed by atoms with Gasteiger partial charge in [0.05, 0.1) is 38.3 Å². The first-order valence-electron chi connectivity index (χ1n) is 6.96. The molecule has 0 radical (unpaired) electrons. The molecular formula is C15H17ClN4O2. The standard InChI is InChI=1S/C15H17ClN4O2/c1-21-15-14(17)20-12(7-19-15)9-4-10(6-11(16)5-9)13-8-22-3-2-18-13/h4-7,13,18H,2-3,8H2,1H3,(H2,17,20). The van der Waals surface area contributed by atoms with Gasteiger partial charge >= 0.3 is 0 Å². The molecule has 2 aromatic rings. The number of benzene rings is 1. The largest absolute Gasteiger partial charge is 0.478 e. The Hall–Kier alpha value is -1.89. The van der Waals surface area contributed by atoms with Crippen molar-refractivity contribution >= 4 is 17.4 Å². The fourth-order valence-electron chi connectivity index (χ4n) is 2.43. The predicted molar refractivity (Wildman–Crippen MR) is 85.0 cm³/mol. The Morgan fingerprint density at radius 3 is 2.95 bits per heavy atom. The Bertz CT molecular complexity index is 675. The predicted octanol–water partition coefficient (Wildman–Crippen LogP) is 2.05. The lowest BCUT2D eigenvalue weighted by Crippen LogP contribution is -2.34. The van der Waals surface area contributed by atoms with Crippen LogP contribution in [-0.4, -0.2) is 36.8 Å². The van der Waals surface area contributed by atoms with Crippen LogP contribution < -0.4 is 15.8 Å². The molecular weight excluding hydrogens is 304 g/mol. The quantitative estimate of drug-likeness (QED) is 0.900. The highest BCUT2D eigenvalue weighted by Gasteiger charge is 2.17. The van der Waals surface area contributed by atoms with Crippen LogP contribution in [0.5, 0.6) is 5.88 Å². The molecule has 1 aromatic heterocycles. The summed E-state index contributed by atoms with van der Waals surface area (Å²) in [6.45, 7) is 2.17. The molecule has 116 valence electrons. The van der Waals surface area contributed by atoms with Crippen molar-refractivity contribution in [1.29, 1.82) is 0 Å². The molecule has 0 saturated carbocycles. The van der Waals surface area contributed by atoms with Crippen molar-refractivity contribution in [3.8, 4) is 17.1 Å². The van der Waals surface area contributed by atoms with E-state index in [2.05, 4.69) is 15.3 Å². The SMILES string of the molecule is COc1ncc(-c2cc(Cl)cc(C3COCCN3)c2)nc1N. The molecule has 0 aliphatic carbocycles. The van der Waals surface area contributed by atoms with Crippen LogP contribution in [0.3, 0.4) is 0 Å². The smallest absolute Gasteiger partial charge is 0.256 e. The second kappa shape index (κ2) is 6.48. The van der Waals surface area contributed by atoms with Crippen molar-refractivity contribution in [3.05, 3.63) is 35.0 Å². The molecule has 0 spiro atoms. The van der Waals surface area contributed by atoms with E-state index in [0.29, 0.717) is 23.2 Å². The lowest BCUT2D eigenvalue weighted by molar-refractivity contribution is 0.0769. The zero-order chi connectivity index (χ0) is 15.5. The van der Waals surface area contributed by atoms with Gasteiger partial charge in [-0.1, -0.05) is 11.6 Å². The number of morpholine rings is 1. The van der Waals surface area contributed by atoms with E-state index in [1.807, 2.05) is 18.2 Å². The zero-order valence-corrected chi connectivity index (χ0v) is 12.9. The van der Waals surface area contributed by atoms with E-state index in [4.69, 9.17) is 26.8 Å². The molecule has 0 amide bonds. The van der Waals surface area contributed by atoms with Gasteiger partial charge in [0.1, 0.15) is 0 Å². The maximum absolute atomic E-state index is 6.24. The third kappa shape index (κ3) is 3.14. The summed E-state index contributed by atoms with van der Waals surface area (Å²) in [6, 6.07) is 5.91. The molecule has 1 atom stereocenters. The Morgan fingerprint density at radius 1 is 1.41 bits per heavy atom. The molecule has 1 fully saturated rings. The third-order valence-corrected chi connectivity index (χ3v) is 3.72. The van der Waals surface area contributed by atoms with E-state index in [1.54, 1.807) is 6.20 Å². The second-order valence-corrected chi connectivity index (χ2v) is 5.44. The third-order valence-electron chi connectivity index (χ3n) is 3.50. The van der Waals surface area contributed by atoms with Crippen LogP contribution in [0.1, 0.15) is 11.6 Å². The first-order valence-corrected chi connectivity index (χ1v) is 7.33. The summed E-state index contributed by atoms with van der Waals surface area (Å²) in [6.07, 6.45) is 1.62. The number of nitrogens with zero attached hydrogens (tertiary/aromatic N) is 2. The molecule has 0 bridgehead atoms. The minimum atomic E-state index is 0.120. The molecule has 1 saturated heterocycles. The maximum Gasteiger partial charge on any atom is 0.256 e. The lowest BCUT2D eigenvalue weighted by atomic mass is 10.0. The molecule has 1 aliphatic heterocycles. The van der Waals surface area contributed by atoms with Crippen molar-refractivity contribution in [2.24, 2.45) is 0 Å². The topological polar surface area (TPSA) is 82.3 Å². The summed E-state index contributed by atoms with van der Waals surface area (Å²) in [7, 11) is 1.51. The fraction of sp³-hybridized carbons (Fsp3) is 0.333. The summed E-state index contributed by atoms with van der Waals surface area (Å²) in [5.74, 6) is 0.564. The molecule has 1 aromatic carbocycles. The average molecular weight is 321 g/mol. The van der Waals surface area contributed by atoms with Gasteiger partial charge in [0.25, 0.3) is 5.88 Å². The van der Waals surface area contributed by atoms with Crippen molar-refractivity contribution in [1.82, 2.24) is 15.3 Å². The first kappa shape index (κ1) is 15.0. The van der Waals surface area contributed by atoms with Gasteiger partial charge < -0.3 is 20.5 Å². The van der Waals surface area contributed by atoms with Gasteiger partial charge in [-0.05, 0) is 23.8 Å². The number of halogens is 1. The highest BCUT2D eigenvalue weighted by atomic mass is 35.5. The van der Waals surface area contributed by atoms with Crippen LogP contribution in [0, 0.1) is 0 Å². The highest BCUT2D eigenvalue weighted by molar-refractivity contribution is 6.31. The molecule has 1 unspecified atom stereocenters. The van der Waals surface area contributed by atoms with E-state index in [9.17, 15) is 0 Å². The molecule has 3 N–H and O–H groups in total. The Balaban J connectivity index is 1.96. The maximum atomic E-state index is 6.24. The van der Waals surface area contributed by atoms with Gasteiger partial charge in [0, 0.05) is 17.1 Å². The van der Waals surface area contributed by atoms with Gasteiger partial charge in [0.15, 0.2) is 5.82 Å². The van der Waals surface area contributed by atoms with Gasteiger partial charge in [-0.2, -0.15) is 0 Å². The second-order valence-electron chi connectivity index (χ2n) is 5.00. The van der Waals surface area contributed by atoms with Crippen LogP contribution in [0.15, 0.2) is 24.4 Å². The van der Waals surface area contributed by atoms with Crippen LogP contribution in [0.2, 0.25) is 5.02 Å². The van der Waals surface area contributed by atoms with Crippen LogP contribution in [0.25, 0.3) is 11.3 Å². The molecule has 3 rings (SSSR count). The van der Waals surface area contributed by atoms with E-state index >= 15 is 0 Å². The highest BCUT2D eigenvalue weighted by Crippen LogP contribution is 2.28. The van der Waals surface area contributed by atoms with E-state index in [-0.39, 0.29) is 11.9 Å². The van der Waals surface area contributed by atoms with Crippen LogP contribution >= 0.6 is 11.6 Å². The summed E-state index contributed by atoms with van der Waals surface area (Å²) in [4.78, 5) is 8.47. The Morgan fingerprint density at radius 2 is 2.27 bits per heavy atom. The number of hydrogen-bond acceptors (Lipinski definition) is 6. The molecule has 2 heterocycles. The number of rotatable bonds is 3. The van der Waals surface area contributed by atoms with E-state index in [0.717, 1.165) is 24.3 Å². The zero-order valence-electron chi connectivity index (χ0n) is 12.2. The Kier molecular flexibility index (Phi) is 4.42. The Labute approximate surface area is 133 Å². The summed E-state index contributed by atoms with van der Waals surface area (Å²) in [5.41, 5.74) is 8.39.